The van der Waals surface area contributed by atoms with E-state index in [1.165, 1.54) is 0 Å². The highest BCUT2D eigenvalue weighted by molar-refractivity contribution is 5.86. The number of nitrogens with zero attached hydrogens (tertiary/aromatic N) is 5. The van der Waals surface area contributed by atoms with E-state index in [2.05, 4.69) is 23.2 Å². The van der Waals surface area contributed by atoms with E-state index < -0.39 is 5.41 Å². The Morgan fingerprint density at radius 3 is 3.00 bits per heavy atom. The summed E-state index contributed by atoms with van der Waals surface area (Å²) in [6.07, 6.45) is 3.06. The molecule has 0 aromatic carbocycles. The molecule has 1 aliphatic heterocycles. The molecular weight excluding hydrogens is 230 g/mol. The Kier molecular flexibility index (Phi) is 2.37. The van der Waals surface area contributed by atoms with Crippen molar-refractivity contribution < 1.29 is 4.79 Å². The van der Waals surface area contributed by atoms with Gasteiger partial charge in [0.25, 0.3) is 0 Å². The van der Waals surface area contributed by atoms with Crippen LogP contribution in [0.4, 0.5) is 0 Å². The van der Waals surface area contributed by atoms with Gasteiger partial charge in [-0.1, -0.05) is 6.92 Å². The van der Waals surface area contributed by atoms with Crippen molar-refractivity contribution in [3.8, 4) is 6.07 Å². The van der Waals surface area contributed by atoms with Gasteiger partial charge in [0, 0.05) is 13.1 Å². The molecule has 2 heterocycles. The van der Waals surface area contributed by atoms with E-state index in [4.69, 9.17) is 0 Å². The molecule has 1 amide bonds. The van der Waals surface area contributed by atoms with Crippen LogP contribution in [0, 0.1) is 22.7 Å². The van der Waals surface area contributed by atoms with Gasteiger partial charge in [0.1, 0.15) is 11.7 Å². The Labute approximate surface area is 105 Å². The predicted molar refractivity (Wildman–Crippen MR) is 61.9 cm³/mol. The summed E-state index contributed by atoms with van der Waals surface area (Å²) in [5.41, 5.74) is -0.776. The first-order valence-electron chi connectivity index (χ1n) is 6.22. The molecule has 0 unspecified atom stereocenters. The Morgan fingerprint density at radius 2 is 2.33 bits per heavy atom. The molecule has 1 fully saturated rings. The van der Waals surface area contributed by atoms with Crippen LogP contribution in [-0.2, 0) is 17.9 Å². The van der Waals surface area contributed by atoms with Crippen LogP contribution in [0.1, 0.15) is 25.6 Å². The molecule has 3 rings (SSSR count). The summed E-state index contributed by atoms with van der Waals surface area (Å²) in [5.74, 6) is 1.24. The monoisotopic (exact) mass is 245 g/mol. The summed E-state index contributed by atoms with van der Waals surface area (Å²) in [5, 5.41) is 17.1. The lowest BCUT2D eigenvalue weighted by Crippen LogP contribution is -2.51. The number of hydrogen-bond acceptors (Lipinski definition) is 4. The number of hydrogen-bond donors (Lipinski definition) is 0. The van der Waals surface area contributed by atoms with Gasteiger partial charge in [-0.05, 0) is 18.8 Å². The molecule has 0 radical (unpaired) electrons. The summed E-state index contributed by atoms with van der Waals surface area (Å²) in [6.45, 7) is 3.90. The molecule has 2 aliphatic rings. The van der Waals surface area contributed by atoms with Gasteiger partial charge in [-0.2, -0.15) is 5.26 Å². The first-order valence-corrected chi connectivity index (χ1v) is 6.22. The van der Waals surface area contributed by atoms with Crippen LogP contribution in [0.5, 0.6) is 0 Å². The maximum Gasteiger partial charge on any atom is 0.243 e. The fourth-order valence-electron chi connectivity index (χ4n) is 2.99. The number of fused-ring (bicyclic) bond motifs is 1. The van der Waals surface area contributed by atoms with Crippen molar-refractivity contribution in [1.82, 2.24) is 19.7 Å². The maximum atomic E-state index is 12.5. The van der Waals surface area contributed by atoms with Crippen LogP contribution in [0.15, 0.2) is 6.33 Å². The summed E-state index contributed by atoms with van der Waals surface area (Å²) in [6, 6.07) is 2.23. The minimum absolute atomic E-state index is 0.0302. The Bertz CT molecular complexity index is 523. The van der Waals surface area contributed by atoms with Gasteiger partial charge in [0.2, 0.25) is 5.91 Å². The Morgan fingerprint density at radius 1 is 1.56 bits per heavy atom. The molecule has 94 valence electrons. The second-order valence-corrected chi connectivity index (χ2v) is 5.37. The predicted octanol–water partition coefficient (Wildman–Crippen LogP) is 0.560. The number of carbonyl (C=O) groups excluding carboxylic acids is 1. The van der Waals surface area contributed by atoms with E-state index in [9.17, 15) is 10.1 Å². The van der Waals surface area contributed by atoms with E-state index >= 15 is 0 Å². The van der Waals surface area contributed by atoms with Gasteiger partial charge in [-0.15, -0.1) is 10.2 Å². The van der Waals surface area contributed by atoms with E-state index in [0.717, 1.165) is 5.82 Å². The van der Waals surface area contributed by atoms with Crippen LogP contribution in [0.25, 0.3) is 0 Å². The van der Waals surface area contributed by atoms with Gasteiger partial charge in [0.15, 0.2) is 5.82 Å². The zero-order chi connectivity index (χ0) is 12.8. The lowest BCUT2D eigenvalue weighted by Gasteiger charge is -2.43. The second kappa shape index (κ2) is 3.80. The quantitative estimate of drug-likeness (QED) is 0.724. The SMILES string of the molecule is CC1CC(C#N)(C(=O)N2CCn3cnnc3C2)C1. The molecule has 0 bridgehead atoms. The topological polar surface area (TPSA) is 74.8 Å². The number of carbonyl (C=O) groups is 1. The van der Waals surface area contributed by atoms with Gasteiger partial charge < -0.3 is 9.47 Å². The number of nitriles is 1. The molecule has 0 spiro atoms. The van der Waals surface area contributed by atoms with Crippen molar-refractivity contribution in [2.75, 3.05) is 6.54 Å². The molecule has 0 N–H and O–H groups in total. The largest absolute Gasteiger partial charge is 0.332 e. The lowest BCUT2D eigenvalue weighted by atomic mass is 9.62. The highest BCUT2D eigenvalue weighted by Gasteiger charge is 2.51. The molecule has 6 nitrogen and oxygen atoms in total. The summed E-state index contributed by atoms with van der Waals surface area (Å²) in [4.78, 5) is 14.2. The van der Waals surface area contributed by atoms with Crippen molar-refractivity contribution in [3.05, 3.63) is 12.2 Å². The molecule has 1 saturated carbocycles. The van der Waals surface area contributed by atoms with Gasteiger partial charge >= 0.3 is 0 Å². The van der Waals surface area contributed by atoms with Crippen molar-refractivity contribution in [1.29, 1.82) is 5.26 Å². The molecule has 1 aromatic rings. The fourth-order valence-corrected chi connectivity index (χ4v) is 2.99. The summed E-state index contributed by atoms with van der Waals surface area (Å²) < 4.78 is 1.95. The molecule has 0 saturated heterocycles. The average Bonchev–Trinajstić information content (AvgIpc) is 2.80. The van der Waals surface area contributed by atoms with Crippen LogP contribution < -0.4 is 0 Å². The van der Waals surface area contributed by atoms with E-state index in [-0.39, 0.29) is 5.91 Å². The highest BCUT2D eigenvalue weighted by atomic mass is 16.2. The first kappa shape index (κ1) is 11.2. The maximum absolute atomic E-state index is 12.5. The summed E-state index contributed by atoms with van der Waals surface area (Å²) in [7, 11) is 0. The highest BCUT2D eigenvalue weighted by Crippen LogP contribution is 2.46. The minimum atomic E-state index is -0.776. The molecule has 6 heteroatoms. The molecule has 1 aromatic heterocycles. The molecule has 0 atom stereocenters. The van der Waals surface area contributed by atoms with Crippen LogP contribution in [0.2, 0.25) is 0 Å². The number of aromatic nitrogens is 3. The zero-order valence-corrected chi connectivity index (χ0v) is 10.3. The van der Waals surface area contributed by atoms with Crippen molar-refractivity contribution >= 4 is 5.91 Å². The Balaban J connectivity index is 1.77. The van der Waals surface area contributed by atoms with Gasteiger partial charge in [0.05, 0.1) is 12.6 Å². The van der Waals surface area contributed by atoms with Gasteiger partial charge in [-0.25, -0.2) is 0 Å². The van der Waals surface area contributed by atoms with Crippen LogP contribution in [-0.4, -0.2) is 32.1 Å². The Hall–Kier alpha value is -1.90. The van der Waals surface area contributed by atoms with Crippen molar-refractivity contribution in [2.45, 2.75) is 32.9 Å². The zero-order valence-electron chi connectivity index (χ0n) is 10.3. The third-order valence-corrected chi connectivity index (χ3v) is 3.94. The van der Waals surface area contributed by atoms with Crippen molar-refractivity contribution in [3.63, 3.8) is 0 Å². The first-order chi connectivity index (χ1) is 8.64. The third kappa shape index (κ3) is 1.50. The number of rotatable bonds is 1. The lowest BCUT2D eigenvalue weighted by molar-refractivity contribution is -0.146. The fraction of sp³-hybridized carbons (Fsp3) is 0.667. The average molecular weight is 245 g/mol. The number of amides is 1. The standard InChI is InChI=1S/C12H15N5O/c1-9-4-12(5-9,7-13)11(18)16-2-3-17-8-14-15-10(17)6-16/h8-9H,2-6H2,1H3. The van der Waals surface area contributed by atoms with E-state index in [1.807, 2.05) is 4.57 Å². The minimum Gasteiger partial charge on any atom is -0.332 e. The molecular formula is C12H15N5O. The normalized spacial score (nSPS) is 30.2. The third-order valence-electron chi connectivity index (χ3n) is 3.94. The van der Waals surface area contributed by atoms with Crippen molar-refractivity contribution in [2.24, 2.45) is 11.3 Å². The second-order valence-electron chi connectivity index (χ2n) is 5.37. The molecule has 18 heavy (non-hydrogen) atoms. The van der Waals surface area contributed by atoms with E-state index in [0.29, 0.717) is 38.4 Å². The summed E-state index contributed by atoms with van der Waals surface area (Å²) >= 11 is 0. The van der Waals surface area contributed by atoms with Gasteiger partial charge in [-0.3, -0.25) is 4.79 Å². The van der Waals surface area contributed by atoms with Crippen LogP contribution in [0.3, 0.4) is 0 Å². The van der Waals surface area contributed by atoms with E-state index in [1.54, 1.807) is 11.2 Å². The van der Waals surface area contributed by atoms with Crippen LogP contribution >= 0.6 is 0 Å². The molecule has 1 aliphatic carbocycles. The smallest absolute Gasteiger partial charge is 0.243 e.